The Morgan fingerprint density at radius 3 is 2.35 bits per heavy atom. The van der Waals surface area contributed by atoms with E-state index < -0.39 is 6.10 Å². The number of hydrogen-bond donors (Lipinski definition) is 2. The summed E-state index contributed by atoms with van der Waals surface area (Å²) in [5.41, 5.74) is 5.50. The Morgan fingerprint density at radius 1 is 1.00 bits per heavy atom. The zero-order valence-corrected chi connectivity index (χ0v) is 14.1. The fraction of sp³-hybridized carbons (Fsp3) is 0.474. The number of anilines is 1. The molecule has 0 amide bonds. The first kappa shape index (κ1) is 15.9. The number of aromatic nitrogens is 2. The lowest BCUT2D eigenvalue weighted by Crippen LogP contribution is -2.23. The minimum atomic E-state index is -0.421. The lowest BCUT2D eigenvalue weighted by atomic mass is 10.1. The molecule has 0 saturated heterocycles. The third-order valence-electron chi connectivity index (χ3n) is 4.62. The summed E-state index contributed by atoms with van der Waals surface area (Å²) < 4.78 is 0. The highest BCUT2D eigenvalue weighted by Crippen LogP contribution is 2.34. The molecule has 4 nitrogen and oxygen atoms in total. The molecule has 4 heteroatoms. The summed E-state index contributed by atoms with van der Waals surface area (Å²) in [5, 5.41) is 13.9. The molecule has 0 radical (unpaired) electrons. The Balaban J connectivity index is 1.96. The molecule has 1 heterocycles. The van der Waals surface area contributed by atoms with Crippen LogP contribution in [0.3, 0.4) is 0 Å². The van der Waals surface area contributed by atoms with Gasteiger partial charge in [-0.3, -0.25) is 4.98 Å². The minimum absolute atomic E-state index is 0.108. The number of hydrogen-bond acceptors (Lipinski definition) is 4. The van der Waals surface area contributed by atoms with E-state index >= 15 is 0 Å². The Bertz CT molecular complexity index is 699. The lowest BCUT2D eigenvalue weighted by molar-refractivity contribution is 0.165. The molecule has 0 saturated carbocycles. The number of benzene rings is 1. The number of aryl methyl sites for hydroxylation is 3. The van der Waals surface area contributed by atoms with E-state index in [1.54, 1.807) is 0 Å². The molecule has 3 rings (SSSR count). The Labute approximate surface area is 138 Å². The van der Waals surface area contributed by atoms with Gasteiger partial charge in [0.1, 0.15) is 5.82 Å². The summed E-state index contributed by atoms with van der Waals surface area (Å²) in [6.07, 6.45) is 2.87. The van der Waals surface area contributed by atoms with Crippen molar-refractivity contribution in [2.45, 2.75) is 58.6 Å². The van der Waals surface area contributed by atoms with Gasteiger partial charge in [0.2, 0.25) is 0 Å². The summed E-state index contributed by atoms with van der Waals surface area (Å²) in [4.78, 5) is 9.62. The van der Waals surface area contributed by atoms with Crippen molar-refractivity contribution < 1.29 is 5.11 Å². The van der Waals surface area contributed by atoms with Crippen molar-refractivity contribution in [1.29, 1.82) is 0 Å². The van der Waals surface area contributed by atoms with Gasteiger partial charge in [0.15, 0.2) is 0 Å². The van der Waals surface area contributed by atoms with Gasteiger partial charge in [-0.1, -0.05) is 45.0 Å². The van der Waals surface area contributed by atoms with Crippen LogP contribution in [-0.2, 0) is 25.7 Å². The highest BCUT2D eigenvalue weighted by atomic mass is 16.3. The van der Waals surface area contributed by atoms with Crippen LogP contribution in [0.15, 0.2) is 24.3 Å². The lowest BCUT2D eigenvalue weighted by Gasteiger charge is -2.21. The van der Waals surface area contributed by atoms with Crippen LogP contribution < -0.4 is 5.32 Å². The molecule has 0 unspecified atom stereocenters. The van der Waals surface area contributed by atoms with Gasteiger partial charge in [-0.15, -0.1) is 0 Å². The van der Waals surface area contributed by atoms with Crippen molar-refractivity contribution in [2.24, 2.45) is 0 Å². The molecule has 0 aliphatic heterocycles. The largest absolute Gasteiger partial charge is 0.390 e. The van der Waals surface area contributed by atoms with Crippen LogP contribution in [0.1, 0.15) is 55.0 Å². The fourth-order valence-corrected chi connectivity index (χ4v) is 3.37. The summed E-state index contributed by atoms with van der Waals surface area (Å²) in [6, 6.07) is 8.11. The molecule has 0 fully saturated rings. The molecule has 122 valence electrons. The first-order valence-electron chi connectivity index (χ1n) is 8.58. The number of rotatable bonds is 5. The number of nitrogens with zero attached hydrogens (tertiary/aromatic N) is 2. The molecule has 2 aromatic rings. The number of fused-ring (bicyclic) bond motifs is 1. The monoisotopic (exact) mass is 311 g/mol. The van der Waals surface area contributed by atoms with Crippen LogP contribution >= 0.6 is 0 Å². The maximum Gasteiger partial charge on any atom is 0.148 e. The van der Waals surface area contributed by atoms with E-state index in [-0.39, 0.29) is 6.04 Å². The first-order valence-corrected chi connectivity index (χ1v) is 8.58. The van der Waals surface area contributed by atoms with Gasteiger partial charge in [0, 0.05) is 6.42 Å². The number of aliphatic hydroxyl groups excluding tert-OH is 1. The maximum absolute atomic E-state index is 10.5. The molecule has 0 bridgehead atoms. The van der Waals surface area contributed by atoms with Gasteiger partial charge < -0.3 is 10.4 Å². The summed E-state index contributed by atoms with van der Waals surface area (Å²) >= 11 is 0. The van der Waals surface area contributed by atoms with Crippen LogP contribution in [0, 0.1) is 0 Å². The molecule has 2 N–H and O–H groups in total. The third-order valence-corrected chi connectivity index (χ3v) is 4.62. The summed E-state index contributed by atoms with van der Waals surface area (Å²) in [7, 11) is 0. The van der Waals surface area contributed by atoms with Crippen molar-refractivity contribution in [3.8, 4) is 0 Å². The van der Waals surface area contributed by atoms with E-state index in [0.717, 1.165) is 42.2 Å². The molecule has 1 aliphatic carbocycles. The van der Waals surface area contributed by atoms with E-state index in [0.29, 0.717) is 6.42 Å². The van der Waals surface area contributed by atoms with Gasteiger partial charge in [-0.05, 0) is 30.4 Å². The molecule has 1 aromatic carbocycles. The second-order valence-corrected chi connectivity index (χ2v) is 6.07. The highest BCUT2D eigenvalue weighted by Gasteiger charge is 2.31. The number of aliphatic hydroxyl groups is 1. The number of nitrogens with one attached hydrogen (secondary N) is 1. The Morgan fingerprint density at radius 2 is 1.65 bits per heavy atom. The van der Waals surface area contributed by atoms with Crippen LogP contribution in [-0.4, -0.2) is 21.2 Å². The zero-order valence-electron chi connectivity index (χ0n) is 14.1. The maximum atomic E-state index is 10.5. The zero-order chi connectivity index (χ0) is 16.4. The van der Waals surface area contributed by atoms with Gasteiger partial charge in [-0.2, -0.15) is 0 Å². The third kappa shape index (κ3) is 2.95. The Hall–Kier alpha value is -1.94. The second kappa shape index (κ2) is 6.67. The van der Waals surface area contributed by atoms with E-state index in [9.17, 15) is 5.11 Å². The van der Waals surface area contributed by atoms with Gasteiger partial charge >= 0.3 is 0 Å². The van der Waals surface area contributed by atoms with Gasteiger partial charge in [0.25, 0.3) is 0 Å². The minimum Gasteiger partial charge on any atom is -0.390 e. The average molecular weight is 311 g/mol. The fourth-order valence-electron chi connectivity index (χ4n) is 3.37. The van der Waals surface area contributed by atoms with Crippen molar-refractivity contribution in [3.63, 3.8) is 0 Å². The second-order valence-electron chi connectivity index (χ2n) is 6.07. The van der Waals surface area contributed by atoms with Crippen molar-refractivity contribution in [2.75, 3.05) is 5.32 Å². The summed E-state index contributed by atoms with van der Waals surface area (Å²) in [5.74, 6) is 0.822. The summed E-state index contributed by atoms with van der Waals surface area (Å²) in [6.45, 7) is 6.32. The van der Waals surface area contributed by atoms with E-state index in [1.165, 1.54) is 11.1 Å². The van der Waals surface area contributed by atoms with Crippen LogP contribution in [0.25, 0.3) is 0 Å². The molecule has 23 heavy (non-hydrogen) atoms. The predicted octanol–water partition coefficient (Wildman–Crippen LogP) is 3.23. The van der Waals surface area contributed by atoms with E-state index in [4.69, 9.17) is 9.97 Å². The standard InChI is InChI=1S/C19H25N3O/c1-4-14-15(5-2)21-19(16(6-3)20-14)22-18-13-10-8-7-9-12(13)11-17(18)23/h7-10,17-18,23H,4-6,11H2,1-3H3,(H,21,22)/t17-,18+/m0/s1. The highest BCUT2D eigenvalue weighted by molar-refractivity contribution is 5.48. The van der Waals surface area contributed by atoms with E-state index in [1.807, 2.05) is 12.1 Å². The quantitative estimate of drug-likeness (QED) is 0.890. The normalized spacial score (nSPS) is 19.7. The molecule has 2 atom stereocenters. The van der Waals surface area contributed by atoms with Gasteiger partial charge in [-0.25, -0.2) is 4.98 Å². The molecule has 0 spiro atoms. The van der Waals surface area contributed by atoms with Gasteiger partial charge in [0.05, 0.1) is 29.2 Å². The first-order chi connectivity index (χ1) is 11.2. The van der Waals surface area contributed by atoms with Crippen LogP contribution in [0.5, 0.6) is 0 Å². The molecular formula is C19H25N3O. The molecule has 1 aromatic heterocycles. The van der Waals surface area contributed by atoms with Crippen LogP contribution in [0.4, 0.5) is 5.82 Å². The smallest absolute Gasteiger partial charge is 0.148 e. The average Bonchev–Trinajstić information content (AvgIpc) is 2.90. The SMILES string of the molecule is CCc1nc(CC)c(N[C@@H]2c3ccccc3C[C@@H]2O)nc1CC. The predicted molar refractivity (Wildman–Crippen MR) is 92.7 cm³/mol. The van der Waals surface area contributed by atoms with Crippen molar-refractivity contribution >= 4 is 5.82 Å². The molecule has 1 aliphatic rings. The Kier molecular flexibility index (Phi) is 4.62. The topological polar surface area (TPSA) is 58.0 Å². The van der Waals surface area contributed by atoms with Crippen LogP contribution in [0.2, 0.25) is 0 Å². The molecular weight excluding hydrogens is 286 g/mol. The van der Waals surface area contributed by atoms with Crippen molar-refractivity contribution in [3.05, 3.63) is 52.5 Å². The van der Waals surface area contributed by atoms with Crippen molar-refractivity contribution in [1.82, 2.24) is 9.97 Å². The van der Waals surface area contributed by atoms with E-state index in [2.05, 4.69) is 38.2 Å².